The van der Waals surface area contributed by atoms with Gasteiger partial charge in [0, 0.05) is 41.8 Å². The fourth-order valence-corrected chi connectivity index (χ4v) is 7.96. The fourth-order valence-electron chi connectivity index (χ4n) is 7.96. The number of methoxy groups -OCH3 is 1. The number of carboxylic acids is 1. The number of nitrogens with zero attached hydrogens (tertiary/aromatic N) is 2. The molecule has 0 radical (unpaired) electrons. The molecule has 44 heavy (non-hydrogen) atoms. The third kappa shape index (κ3) is 6.10. The Kier molecular flexibility index (Phi) is 8.25. The summed E-state index contributed by atoms with van der Waals surface area (Å²) in [7, 11) is 1.66. The van der Waals surface area contributed by atoms with E-state index in [0.29, 0.717) is 11.8 Å². The van der Waals surface area contributed by atoms with Gasteiger partial charge in [0.1, 0.15) is 11.9 Å². The Morgan fingerprint density at radius 1 is 1.05 bits per heavy atom. The zero-order valence-corrected chi connectivity index (χ0v) is 27.2. The van der Waals surface area contributed by atoms with Gasteiger partial charge in [0.25, 0.3) is 0 Å². The minimum Gasteiger partial charge on any atom is -0.550 e. The van der Waals surface area contributed by atoms with E-state index in [0.717, 1.165) is 49.1 Å². The Morgan fingerprint density at radius 3 is 2.48 bits per heavy atom. The first-order chi connectivity index (χ1) is 21.0. The normalized spacial score (nSPS) is 22.4. The minimum absolute atomic E-state index is 0.0335. The number of hydrogen-bond acceptors (Lipinski definition) is 6. The van der Waals surface area contributed by atoms with E-state index in [1.54, 1.807) is 14.0 Å². The van der Waals surface area contributed by atoms with E-state index in [9.17, 15) is 9.90 Å². The first-order valence-electron chi connectivity index (χ1n) is 16.4. The van der Waals surface area contributed by atoms with Gasteiger partial charge in [-0.25, -0.2) is 4.98 Å². The van der Waals surface area contributed by atoms with Crippen LogP contribution in [0.4, 0.5) is 0 Å². The molecule has 0 N–H and O–H groups in total. The molecule has 0 bridgehead atoms. The number of carbonyl (C=O) groups excluding carboxylic acids is 1. The van der Waals surface area contributed by atoms with E-state index >= 15 is 0 Å². The number of aliphatic carboxylic acids is 1. The van der Waals surface area contributed by atoms with Crippen molar-refractivity contribution in [2.24, 2.45) is 11.8 Å². The van der Waals surface area contributed by atoms with Gasteiger partial charge in [0.05, 0.1) is 7.11 Å². The van der Waals surface area contributed by atoms with Crippen LogP contribution in [0, 0.1) is 11.8 Å². The molecule has 2 aliphatic heterocycles. The van der Waals surface area contributed by atoms with Crippen LogP contribution in [0.2, 0.25) is 0 Å². The topological polar surface area (TPSA) is 74.7 Å². The number of ether oxygens (including phenoxy) is 2. The van der Waals surface area contributed by atoms with Gasteiger partial charge < -0.3 is 19.4 Å². The summed E-state index contributed by atoms with van der Waals surface area (Å²) in [6, 6.07) is 17.3. The lowest BCUT2D eigenvalue weighted by Gasteiger charge is -2.53. The van der Waals surface area contributed by atoms with Crippen LogP contribution < -0.4 is 14.6 Å². The van der Waals surface area contributed by atoms with Crippen molar-refractivity contribution in [3.05, 3.63) is 77.0 Å². The van der Waals surface area contributed by atoms with Crippen molar-refractivity contribution in [3.63, 3.8) is 0 Å². The summed E-state index contributed by atoms with van der Waals surface area (Å²) in [5.74, 6) is 0.372. The maximum absolute atomic E-state index is 11.8. The maximum atomic E-state index is 11.8. The van der Waals surface area contributed by atoms with Gasteiger partial charge in [-0.05, 0) is 130 Å². The average molecular weight is 596 g/mol. The molecule has 1 aromatic heterocycles. The minimum atomic E-state index is -0.974. The molecule has 1 saturated heterocycles. The van der Waals surface area contributed by atoms with Crippen molar-refractivity contribution < 1.29 is 19.4 Å². The van der Waals surface area contributed by atoms with Crippen molar-refractivity contribution in [2.45, 2.75) is 109 Å². The van der Waals surface area contributed by atoms with Gasteiger partial charge >= 0.3 is 0 Å². The Bertz CT molecular complexity index is 1510. The average Bonchev–Trinajstić information content (AvgIpc) is 3.83. The number of fused-ring (bicyclic) bond motifs is 1. The highest BCUT2D eigenvalue weighted by Gasteiger charge is 2.41. The molecular weight excluding hydrogens is 548 g/mol. The van der Waals surface area contributed by atoms with Gasteiger partial charge in [0.15, 0.2) is 0 Å². The van der Waals surface area contributed by atoms with Crippen LogP contribution in [-0.4, -0.2) is 34.0 Å². The molecule has 6 rings (SSSR count). The zero-order valence-electron chi connectivity index (χ0n) is 27.2. The molecule has 1 aliphatic carbocycles. The Balaban J connectivity index is 1.35. The second kappa shape index (κ2) is 11.8. The third-order valence-electron chi connectivity index (χ3n) is 10.6. The Labute approximate surface area is 262 Å². The molecule has 6 nitrogen and oxygen atoms in total. The number of carbonyl (C=O) groups is 1. The van der Waals surface area contributed by atoms with E-state index < -0.39 is 11.9 Å². The summed E-state index contributed by atoms with van der Waals surface area (Å²) in [6.07, 6.45) is 9.32. The van der Waals surface area contributed by atoms with Crippen LogP contribution in [0.25, 0.3) is 11.1 Å². The monoisotopic (exact) mass is 595 g/mol. The number of benzene rings is 2. The van der Waals surface area contributed by atoms with Gasteiger partial charge in [-0.15, -0.1) is 0 Å². The quantitative estimate of drug-likeness (QED) is 0.260. The van der Waals surface area contributed by atoms with Crippen molar-refractivity contribution in [3.8, 4) is 22.8 Å². The van der Waals surface area contributed by atoms with Gasteiger partial charge in [-0.3, -0.25) is 4.90 Å². The molecule has 0 spiro atoms. The smallest absolute Gasteiger partial charge is 0.213 e. The molecule has 3 heterocycles. The lowest BCUT2D eigenvalue weighted by atomic mass is 9.79. The SMILES string of the molecule is COc1cc(-c2ccc(C3CCc4ccc([C@H](C5CC5)[C@H](C)C(=O)[O-])cc4O3)cc2CN2C(C)(C)CCCC2(C)C)ccn1. The fraction of sp³-hybridized carbons (Fsp3) is 0.526. The Hall–Kier alpha value is -3.38. The number of rotatable bonds is 9. The summed E-state index contributed by atoms with van der Waals surface area (Å²) in [5.41, 5.74) is 7.16. The van der Waals surface area contributed by atoms with Crippen LogP contribution in [-0.2, 0) is 17.8 Å². The molecule has 2 fully saturated rings. The lowest BCUT2D eigenvalue weighted by molar-refractivity contribution is -0.311. The first kappa shape index (κ1) is 30.6. The summed E-state index contributed by atoms with van der Waals surface area (Å²) >= 11 is 0. The number of aryl methyl sites for hydroxylation is 1. The van der Waals surface area contributed by atoms with Crippen molar-refractivity contribution in [2.75, 3.05) is 7.11 Å². The van der Waals surface area contributed by atoms with E-state index in [4.69, 9.17) is 9.47 Å². The van der Waals surface area contributed by atoms with E-state index in [-0.39, 0.29) is 23.1 Å². The Morgan fingerprint density at radius 2 is 1.80 bits per heavy atom. The second-order valence-corrected chi connectivity index (χ2v) is 14.6. The van der Waals surface area contributed by atoms with Crippen molar-refractivity contribution in [1.29, 1.82) is 0 Å². The largest absolute Gasteiger partial charge is 0.550 e. The van der Waals surface area contributed by atoms with Crippen LogP contribution in [0.15, 0.2) is 54.7 Å². The molecule has 3 atom stereocenters. The van der Waals surface area contributed by atoms with Crippen LogP contribution in [0.1, 0.15) is 107 Å². The number of likely N-dealkylation sites (tertiary alicyclic amines) is 1. The van der Waals surface area contributed by atoms with E-state index in [1.807, 2.05) is 12.3 Å². The second-order valence-electron chi connectivity index (χ2n) is 14.6. The molecule has 3 aromatic rings. The molecule has 0 amide bonds. The summed E-state index contributed by atoms with van der Waals surface area (Å²) in [5, 5.41) is 11.8. The molecule has 1 saturated carbocycles. The molecule has 6 heteroatoms. The lowest BCUT2D eigenvalue weighted by Crippen LogP contribution is -2.57. The van der Waals surface area contributed by atoms with Crippen LogP contribution in [0.5, 0.6) is 11.6 Å². The van der Waals surface area contributed by atoms with Crippen LogP contribution >= 0.6 is 0 Å². The van der Waals surface area contributed by atoms with Crippen molar-refractivity contribution in [1.82, 2.24) is 9.88 Å². The first-order valence-corrected chi connectivity index (χ1v) is 16.4. The van der Waals surface area contributed by atoms with Crippen molar-refractivity contribution >= 4 is 5.97 Å². The van der Waals surface area contributed by atoms with Gasteiger partial charge in [0.2, 0.25) is 5.88 Å². The van der Waals surface area contributed by atoms with E-state index in [2.05, 4.69) is 80.0 Å². The summed E-state index contributed by atoms with van der Waals surface area (Å²) in [4.78, 5) is 18.9. The number of hydrogen-bond donors (Lipinski definition) is 0. The predicted octanol–water partition coefficient (Wildman–Crippen LogP) is 7.25. The van der Waals surface area contributed by atoms with Crippen LogP contribution in [0.3, 0.4) is 0 Å². The number of carboxylic acid groups (broad SMARTS) is 1. The third-order valence-corrected chi connectivity index (χ3v) is 10.6. The molecule has 3 aliphatic rings. The highest BCUT2D eigenvalue weighted by Crippen LogP contribution is 2.48. The molecule has 1 unspecified atom stereocenters. The molecule has 234 valence electrons. The number of aromatic nitrogens is 1. The highest BCUT2D eigenvalue weighted by atomic mass is 16.5. The maximum Gasteiger partial charge on any atom is 0.213 e. The van der Waals surface area contributed by atoms with Gasteiger partial charge in [-0.1, -0.05) is 37.3 Å². The summed E-state index contributed by atoms with van der Waals surface area (Å²) in [6.45, 7) is 12.1. The number of piperidine rings is 1. The predicted molar refractivity (Wildman–Crippen MR) is 172 cm³/mol. The van der Waals surface area contributed by atoms with Gasteiger partial charge in [-0.2, -0.15) is 0 Å². The zero-order chi connectivity index (χ0) is 31.2. The molecular formula is C38H47N2O4-. The number of pyridine rings is 1. The standard InChI is InChI=1S/C38H48N2O4/c1-24(36(41)42)35(26-9-10-26)29-11-8-25-13-15-32(44-33(25)21-29)28-12-14-31(27-16-19-39-34(22-27)43-6)30(20-28)23-40-37(2,3)17-7-18-38(40,4)5/h8,11-12,14,16,19-22,24,26,32,35H,7,9-10,13,15,17-18,23H2,1-6H3,(H,41,42)/p-1/t24-,32?,35-/m0/s1. The summed E-state index contributed by atoms with van der Waals surface area (Å²) < 4.78 is 12.2. The van der Waals surface area contributed by atoms with E-state index in [1.165, 1.54) is 41.5 Å². The molecule has 2 aromatic carbocycles. The highest BCUT2D eigenvalue weighted by molar-refractivity contribution is 5.69.